The molecule has 2 rings (SSSR count). The number of phenolic OH excluding ortho intramolecular Hbond substituents is 1. The van der Waals surface area contributed by atoms with Crippen molar-refractivity contribution >= 4 is 29.9 Å². The van der Waals surface area contributed by atoms with Gasteiger partial charge in [0.05, 0.1) is 7.11 Å². The number of ether oxygens (including phenoxy) is 1. The molecule has 0 radical (unpaired) electrons. The fourth-order valence-electron chi connectivity index (χ4n) is 2.51. The van der Waals surface area contributed by atoms with Crippen molar-refractivity contribution in [2.24, 2.45) is 4.99 Å². The van der Waals surface area contributed by atoms with Crippen LogP contribution in [-0.2, 0) is 13.0 Å². The molecule has 2 aromatic rings. The van der Waals surface area contributed by atoms with Gasteiger partial charge < -0.3 is 20.1 Å². The topological polar surface area (TPSA) is 57.1 Å². The maximum atomic E-state index is 13.0. The molecular weight excluding hydrogens is 448 g/mol. The van der Waals surface area contributed by atoms with Gasteiger partial charge in [-0.2, -0.15) is 0 Å². The van der Waals surface area contributed by atoms with Crippen LogP contribution >= 0.6 is 24.0 Å². The van der Waals surface area contributed by atoms with Crippen LogP contribution in [0.2, 0.25) is 0 Å². The van der Waals surface area contributed by atoms with E-state index in [-0.39, 0.29) is 35.5 Å². The second kappa shape index (κ2) is 10.8. The highest BCUT2D eigenvalue weighted by Crippen LogP contribution is 2.23. The Hall–Kier alpha value is -2.03. The molecule has 142 valence electrons. The Labute approximate surface area is 170 Å². The summed E-state index contributed by atoms with van der Waals surface area (Å²) in [4.78, 5) is 6.22. The van der Waals surface area contributed by atoms with E-state index in [1.54, 1.807) is 32.4 Å². The van der Waals surface area contributed by atoms with Crippen molar-refractivity contribution in [2.75, 3.05) is 27.7 Å². The molecule has 0 bridgehead atoms. The van der Waals surface area contributed by atoms with Crippen LogP contribution in [0.3, 0.4) is 0 Å². The summed E-state index contributed by atoms with van der Waals surface area (Å²) in [5, 5.41) is 13.3. The van der Waals surface area contributed by atoms with E-state index in [1.165, 1.54) is 12.1 Å². The Bertz CT molecular complexity index is 723. The molecule has 0 fully saturated rings. The number of methoxy groups -OCH3 is 1. The van der Waals surface area contributed by atoms with E-state index in [9.17, 15) is 9.50 Å². The van der Waals surface area contributed by atoms with E-state index < -0.39 is 0 Å². The van der Waals surface area contributed by atoms with Gasteiger partial charge in [0.1, 0.15) is 17.3 Å². The minimum absolute atomic E-state index is 0. The Kier molecular flexibility index (Phi) is 9.18. The largest absolute Gasteiger partial charge is 0.508 e. The van der Waals surface area contributed by atoms with E-state index in [0.29, 0.717) is 25.3 Å². The first-order valence-corrected chi connectivity index (χ1v) is 8.05. The molecule has 0 saturated carbocycles. The third-order valence-electron chi connectivity index (χ3n) is 3.88. The van der Waals surface area contributed by atoms with Crippen LogP contribution in [0.4, 0.5) is 4.39 Å². The molecule has 26 heavy (non-hydrogen) atoms. The zero-order valence-electron chi connectivity index (χ0n) is 15.2. The minimum Gasteiger partial charge on any atom is -0.508 e. The number of aliphatic imine (C=N–C) groups is 1. The second-order valence-electron chi connectivity index (χ2n) is 5.70. The lowest BCUT2D eigenvalue weighted by Crippen LogP contribution is -2.39. The number of phenols is 1. The van der Waals surface area contributed by atoms with Gasteiger partial charge in [-0.3, -0.25) is 4.99 Å². The van der Waals surface area contributed by atoms with Gasteiger partial charge >= 0.3 is 0 Å². The molecule has 2 aromatic carbocycles. The predicted octanol–water partition coefficient (Wildman–Crippen LogP) is 3.41. The van der Waals surface area contributed by atoms with Gasteiger partial charge in [0.25, 0.3) is 0 Å². The maximum Gasteiger partial charge on any atom is 0.193 e. The molecule has 0 saturated heterocycles. The molecule has 0 spiro atoms. The summed E-state index contributed by atoms with van der Waals surface area (Å²) in [5.74, 6) is 1.34. The molecule has 0 atom stereocenters. The number of nitrogens with one attached hydrogen (secondary N) is 1. The van der Waals surface area contributed by atoms with Gasteiger partial charge in [-0.15, -0.1) is 24.0 Å². The summed E-state index contributed by atoms with van der Waals surface area (Å²) >= 11 is 0. The van der Waals surface area contributed by atoms with E-state index in [1.807, 2.05) is 24.1 Å². The fraction of sp³-hybridized carbons (Fsp3) is 0.316. The van der Waals surface area contributed by atoms with Crippen LogP contribution in [0.15, 0.2) is 47.5 Å². The van der Waals surface area contributed by atoms with Gasteiger partial charge in [-0.1, -0.05) is 18.2 Å². The van der Waals surface area contributed by atoms with E-state index in [4.69, 9.17) is 4.74 Å². The molecule has 0 unspecified atom stereocenters. The first-order chi connectivity index (χ1) is 12.0. The zero-order valence-corrected chi connectivity index (χ0v) is 17.5. The van der Waals surface area contributed by atoms with E-state index in [0.717, 1.165) is 17.1 Å². The number of aromatic hydroxyl groups is 1. The molecule has 7 heteroatoms. The molecule has 0 aromatic heterocycles. The summed E-state index contributed by atoms with van der Waals surface area (Å²) < 4.78 is 18.1. The average molecular weight is 473 g/mol. The van der Waals surface area contributed by atoms with Crippen LogP contribution < -0.4 is 10.1 Å². The van der Waals surface area contributed by atoms with Gasteiger partial charge in [-0.25, -0.2) is 4.39 Å². The van der Waals surface area contributed by atoms with Crippen molar-refractivity contribution in [2.45, 2.75) is 13.0 Å². The van der Waals surface area contributed by atoms with Gasteiger partial charge in [0.15, 0.2) is 5.96 Å². The zero-order chi connectivity index (χ0) is 18.2. The van der Waals surface area contributed by atoms with Crippen LogP contribution in [-0.4, -0.2) is 43.7 Å². The molecule has 2 N–H and O–H groups in total. The lowest BCUT2D eigenvalue weighted by molar-refractivity contribution is 0.406. The average Bonchev–Trinajstić information content (AvgIpc) is 2.61. The van der Waals surface area contributed by atoms with Crippen LogP contribution in [0.1, 0.15) is 11.1 Å². The first kappa shape index (κ1) is 22.0. The molecule has 5 nitrogen and oxygen atoms in total. The third kappa shape index (κ3) is 6.36. The highest BCUT2D eigenvalue weighted by Gasteiger charge is 2.08. The van der Waals surface area contributed by atoms with Gasteiger partial charge in [0.2, 0.25) is 0 Å². The Morgan fingerprint density at radius 3 is 2.50 bits per heavy atom. The molecule has 0 heterocycles. The van der Waals surface area contributed by atoms with Gasteiger partial charge in [0, 0.05) is 33.3 Å². The standard InChI is InChI=1S/C19H24FN3O2.HI/c1-21-19(23(2)13-14-4-7-16(20)8-5-14)22-11-10-15-6-9-17(25-3)12-18(15)24;/h4-9,12,24H,10-11,13H2,1-3H3,(H,21,22);1H. The van der Waals surface area contributed by atoms with Crippen molar-refractivity contribution in [3.8, 4) is 11.5 Å². The van der Waals surface area contributed by atoms with Crippen molar-refractivity contribution in [1.29, 1.82) is 0 Å². The summed E-state index contributed by atoms with van der Waals surface area (Å²) in [6, 6.07) is 11.7. The first-order valence-electron chi connectivity index (χ1n) is 8.05. The monoisotopic (exact) mass is 473 g/mol. The van der Waals surface area contributed by atoms with Crippen molar-refractivity contribution in [3.05, 3.63) is 59.4 Å². The van der Waals surface area contributed by atoms with E-state index in [2.05, 4.69) is 10.3 Å². The highest BCUT2D eigenvalue weighted by molar-refractivity contribution is 14.0. The molecule has 0 amide bonds. The normalized spacial score (nSPS) is 10.8. The summed E-state index contributed by atoms with van der Waals surface area (Å²) in [7, 11) is 5.20. The summed E-state index contributed by atoms with van der Waals surface area (Å²) in [6.07, 6.45) is 0.652. The fourth-order valence-corrected chi connectivity index (χ4v) is 2.51. The lowest BCUT2D eigenvalue weighted by Gasteiger charge is -2.22. The number of hydrogen-bond acceptors (Lipinski definition) is 3. The number of rotatable bonds is 6. The van der Waals surface area contributed by atoms with Crippen LogP contribution in [0, 0.1) is 5.82 Å². The third-order valence-corrected chi connectivity index (χ3v) is 3.88. The number of halogens is 2. The van der Waals surface area contributed by atoms with Crippen molar-refractivity contribution in [3.63, 3.8) is 0 Å². The van der Waals surface area contributed by atoms with Crippen LogP contribution in [0.25, 0.3) is 0 Å². The number of nitrogens with zero attached hydrogens (tertiary/aromatic N) is 2. The molecule has 0 aliphatic heterocycles. The van der Waals surface area contributed by atoms with Crippen molar-refractivity contribution in [1.82, 2.24) is 10.2 Å². The lowest BCUT2D eigenvalue weighted by atomic mass is 10.1. The van der Waals surface area contributed by atoms with Gasteiger partial charge in [-0.05, 0) is 35.7 Å². The Balaban J connectivity index is 0.00000338. The number of guanidine groups is 1. The second-order valence-corrected chi connectivity index (χ2v) is 5.70. The smallest absolute Gasteiger partial charge is 0.193 e. The number of benzene rings is 2. The quantitative estimate of drug-likeness (QED) is 0.384. The van der Waals surface area contributed by atoms with Crippen LogP contribution in [0.5, 0.6) is 11.5 Å². The van der Waals surface area contributed by atoms with Crippen molar-refractivity contribution < 1.29 is 14.2 Å². The molecule has 0 aliphatic rings. The SMILES string of the molecule is CN=C(NCCc1ccc(OC)cc1O)N(C)Cc1ccc(F)cc1.I. The summed E-state index contributed by atoms with van der Waals surface area (Å²) in [5.41, 5.74) is 1.84. The summed E-state index contributed by atoms with van der Waals surface area (Å²) in [6.45, 7) is 1.24. The number of hydrogen-bond donors (Lipinski definition) is 2. The maximum absolute atomic E-state index is 13.0. The van der Waals surface area contributed by atoms with E-state index >= 15 is 0 Å². The Morgan fingerprint density at radius 1 is 1.23 bits per heavy atom. The Morgan fingerprint density at radius 2 is 1.92 bits per heavy atom. The highest BCUT2D eigenvalue weighted by atomic mass is 127. The molecular formula is C19H25FIN3O2. The molecule has 0 aliphatic carbocycles. The predicted molar refractivity (Wildman–Crippen MR) is 113 cm³/mol. The minimum atomic E-state index is -0.242.